The Morgan fingerprint density at radius 1 is 1.13 bits per heavy atom. The summed E-state index contributed by atoms with van der Waals surface area (Å²) in [6, 6.07) is 19.4. The van der Waals surface area contributed by atoms with E-state index in [4.69, 9.17) is 11.5 Å². The first-order valence-electron chi connectivity index (χ1n) is 9.75. The molecule has 7 heteroatoms. The number of aryl methyl sites for hydroxylation is 1. The van der Waals surface area contributed by atoms with Crippen LogP contribution < -0.4 is 16.8 Å². The van der Waals surface area contributed by atoms with Gasteiger partial charge in [0, 0.05) is 10.9 Å². The lowest BCUT2D eigenvalue weighted by Crippen LogP contribution is -2.26. The van der Waals surface area contributed by atoms with Crippen molar-refractivity contribution >= 4 is 39.0 Å². The van der Waals surface area contributed by atoms with Gasteiger partial charge in [-0.1, -0.05) is 60.2 Å². The van der Waals surface area contributed by atoms with E-state index in [9.17, 15) is 10.1 Å². The SMILES string of the molecule is Cc1ccc(-c2c(C#N)c(N)nc3sc(C(=O)NC(C)c4ccccc4)c(N)c23)cc1. The van der Waals surface area contributed by atoms with Crippen molar-refractivity contribution < 1.29 is 4.79 Å². The highest BCUT2D eigenvalue weighted by molar-refractivity contribution is 7.21. The summed E-state index contributed by atoms with van der Waals surface area (Å²) in [4.78, 5) is 18.3. The molecule has 4 rings (SSSR count). The van der Waals surface area contributed by atoms with Crippen LogP contribution in [0.25, 0.3) is 21.3 Å². The molecule has 1 unspecified atom stereocenters. The lowest BCUT2D eigenvalue weighted by molar-refractivity contribution is 0.0945. The van der Waals surface area contributed by atoms with E-state index >= 15 is 0 Å². The molecule has 5 N–H and O–H groups in total. The van der Waals surface area contributed by atoms with Gasteiger partial charge in [-0.2, -0.15) is 5.26 Å². The van der Waals surface area contributed by atoms with Gasteiger partial charge in [-0.05, 0) is 25.0 Å². The first-order chi connectivity index (χ1) is 14.9. The normalized spacial score (nSPS) is 11.8. The Balaban J connectivity index is 1.83. The van der Waals surface area contributed by atoms with Crippen LogP contribution in [0.3, 0.4) is 0 Å². The minimum absolute atomic E-state index is 0.122. The molecule has 0 aliphatic rings. The predicted octanol–water partition coefficient (Wildman–Crippen LogP) is 4.80. The van der Waals surface area contributed by atoms with E-state index in [0.29, 0.717) is 26.3 Å². The Hall–Kier alpha value is -3.89. The van der Waals surface area contributed by atoms with Gasteiger partial charge in [0.1, 0.15) is 27.2 Å². The molecular weight excluding hydrogens is 406 g/mol. The molecular formula is C24H21N5OS. The number of rotatable bonds is 4. The molecule has 0 radical (unpaired) electrons. The highest BCUT2D eigenvalue weighted by atomic mass is 32.1. The fourth-order valence-corrected chi connectivity index (χ4v) is 4.56. The number of carbonyl (C=O) groups excluding carboxylic acids is 1. The maximum absolute atomic E-state index is 13.0. The smallest absolute Gasteiger partial charge is 0.264 e. The minimum atomic E-state index is -0.288. The molecule has 0 aliphatic heterocycles. The summed E-state index contributed by atoms with van der Waals surface area (Å²) in [5.74, 6) is -0.166. The number of nitrogens with zero attached hydrogens (tertiary/aromatic N) is 2. The van der Waals surface area contributed by atoms with Crippen LogP contribution in [0.15, 0.2) is 54.6 Å². The summed E-state index contributed by atoms with van der Waals surface area (Å²) >= 11 is 1.18. The highest BCUT2D eigenvalue weighted by Crippen LogP contribution is 2.42. The Morgan fingerprint density at radius 2 is 1.81 bits per heavy atom. The van der Waals surface area contributed by atoms with E-state index < -0.39 is 0 Å². The molecule has 0 aliphatic carbocycles. The lowest BCUT2D eigenvalue weighted by Gasteiger charge is -2.14. The lowest BCUT2D eigenvalue weighted by atomic mass is 9.96. The van der Waals surface area contributed by atoms with Crippen LogP contribution in [0.2, 0.25) is 0 Å². The summed E-state index contributed by atoms with van der Waals surface area (Å²) in [5, 5.41) is 13.3. The molecule has 1 atom stereocenters. The summed E-state index contributed by atoms with van der Waals surface area (Å²) in [5.41, 5.74) is 16.6. The second kappa shape index (κ2) is 8.09. The number of nitriles is 1. The molecule has 0 saturated carbocycles. The molecule has 0 bridgehead atoms. The molecule has 2 heterocycles. The van der Waals surface area contributed by atoms with Crippen molar-refractivity contribution in [3.8, 4) is 17.2 Å². The van der Waals surface area contributed by atoms with Gasteiger partial charge in [0.05, 0.1) is 11.7 Å². The molecule has 154 valence electrons. The molecule has 0 spiro atoms. The van der Waals surface area contributed by atoms with Crippen molar-refractivity contribution in [2.24, 2.45) is 0 Å². The molecule has 4 aromatic rings. The monoisotopic (exact) mass is 427 g/mol. The Kier molecular flexibility index (Phi) is 5.32. The van der Waals surface area contributed by atoms with Crippen LogP contribution in [-0.2, 0) is 0 Å². The molecule has 2 aromatic carbocycles. The molecule has 31 heavy (non-hydrogen) atoms. The zero-order chi connectivity index (χ0) is 22.1. The van der Waals surface area contributed by atoms with Crippen LogP contribution in [0, 0.1) is 18.3 Å². The zero-order valence-electron chi connectivity index (χ0n) is 17.1. The molecule has 0 fully saturated rings. The largest absolute Gasteiger partial charge is 0.397 e. The average molecular weight is 428 g/mol. The van der Waals surface area contributed by atoms with Gasteiger partial charge in [-0.3, -0.25) is 4.79 Å². The molecule has 2 aromatic heterocycles. The first kappa shape index (κ1) is 20.4. The van der Waals surface area contributed by atoms with Crippen molar-refractivity contribution in [3.05, 3.63) is 76.2 Å². The van der Waals surface area contributed by atoms with E-state index in [1.165, 1.54) is 11.3 Å². The maximum atomic E-state index is 13.0. The number of thiophene rings is 1. The predicted molar refractivity (Wildman–Crippen MR) is 126 cm³/mol. The third-order valence-corrected chi connectivity index (χ3v) is 6.31. The number of nitrogens with two attached hydrogens (primary N) is 2. The highest BCUT2D eigenvalue weighted by Gasteiger charge is 2.25. The van der Waals surface area contributed by atoms with Crippen molar-refractivity contribution in [2.75, 3.05) is 11.5 Å². The van der Waals surface area contributed by atoms with Gasteiger partial charge < -0.3 is 16.8 Å². The Labute approximate surface area is 184 Å². The molecule has 6 nitrogen and oxygen atoms in total. The van der Waals surface area contributed by atoms with Crippen molar-refractivity contribution in [2.45, 2.75) is 19.9 Å². The van der Waals surface area contributed by atoms with Gasteiger partial charge in [0.25, 0.3) is 5.91 Å². The fourth-order valence-electron chi connectivity index (χ4n) is 3.55. The number of fused-ring (bicyclic) bond motifs is 1. The van der Waals surface area contributed by atoms with Crippen LogP contribution >= 0.6 is 11.3 Å². The third-order valence-electron chi connectivity index (χ3n) is 5.21. The van der Waals surface area contributed by atoms with Crippen molar-refractivity contribution in [1.82, 2.24) is 10.3 Å². The summed E-state index contributed by atoms with van der Waals surface area (Å²) in [7, 11) is 0. The maximum Gasteiger partial charge on any atom is 0.264 e. The number of pyridine rings is 1. The number of nitrogens with one attached hydrogen (secondary N) is 1. The van der Waals surface area contributed by atoms with Gasteiger partial charge >= 0.3 is 0 Å². The van der Waals surface area contributed by atoms with E-state index in [1.54, 1.807) is 0 Å². The second-order valence-corrected chi connectivity index (χ2v) is 8.35. The number of anilines is 2. The fraction of sp³-hybridized carbons (Fsp3) is 0.125. The van der Waals surface area contributed by atoms with Gasteiger partial charge in [-0.15, -0.1) is 11.3 Å². The minimum Gasteiger partial charge on any atom is -0.397 e. The van der Waals surface area contributed by atoms with E-state index in [-0.39, 0.29) is 23.3 Å². The van der Waals surface area contributed by atoms with Crippen LogP contribution in [-0.4, -0.2) is 10.9 Å². The van der Waals surface area contributed by atoms with Crippen molar-refractivity contribution in [1.29, 1.82) is 5.26 Å². The van der Waals surface area contributed by atoms with E-state index in [0.717, 1.165) is 16.7 Å². The van der Waals surface area contributed by atoms with Crippen molar-refractivity contribution in [3.63, 3.8) is 0 Å². The number of aromatic nitrogens is 1. The number of hydrogen-bond acceptors (Lipinski definition) is 6. The number of nitrogen functional groups attached to an aromatic ring is 2. The first-order valence-corrected chi connectivity index (χ1v) is 10.6. The third kappa shape index (κ3) is 3.69. The zero-order valence-corrected chi connectivity index (χ0v) is 18.0. The molecule has 1 amide bonds. The van der Waals surface area contributed by atoms with Gasteiger partial charge in [0.2, 0.25) is 0 Å². The Bertz CT molecular complexity index is 1320. The topological polar surface area (TPSA) is 118 Å². The van der Waals surface area contributed by atoms with Gasteiger partial charge in [-0.25, -0.2) is 4.98 Å². The number of amides is 1. The van der Waals surface area contributed by atoms with Gasteiger partial charge in [0.15, 0.2) is 0 Å². The molecule has 0 saturated heterocycles. The standard InChI is InChI=1S/C24H21N5OS/c1-13-8-10-16(11-9-13)18-17(12-25)22(27)29-24-19(18)20(26)21(31-24)23(30)28-14(2)15-6-4-3-5-7-15/h3-11,14H,26H2,1-2H3,(H2,27,29)(H,28,30). The summed E-state index contributed by atoms with van der Waals surface area (Å²) in [6.07, 6.45) is 0. The van der Waals surface area contributed by atoms with E-state index in [1.807, 2.05) is 68.4 Å². The second-order valence-electron chi connectivity index (χ2n) is 7.36. The Morgan fingerprint density at radius 3 is 2.45 bits per heavy atom. The van der Waals surface area contributed by atoms with Crippen LogP contribution in [0.5, 0.6) is 0 Å². The number of carbonyl (C=O) groups is 1. The van der Waals surface area contributed by atoms with E-state index in [2.05, 4.69) is 16.4 Å². The average Bonchev–Trinajstić information content (AvgIpc) is 3.10. The summed E-state index contributed by atoms with van der Waals surface area (Å²) in [6.45, 7) is 3.90. The summed E-state index contributed by atoms with van der Waals surface area (Å²) < 4.78 is 0. The number of hydrogen-bond donors (Lipinski definition) is 3. The quantitative estimate of drug-likeness (QED) is 0.432. The number of benzene rings is 2. The van der Waals surface area contributed by atoms with Crippen LogP contribution in [0.1, 0.15) is 39.3 Å². The van der Waals surface area contributed by atoms with Crippen LogP contribution in [0.4, 0.5) is 11.5 Å².